The predicted molar refractivity (Wildman–Crippen MR) is 129 cm³/mol. The summed E-state index contributed by atoms with van der Waals surface area (Å²) in [5.41, 5.74) is 2.25. The van der Waals surface area contributed by atoms with Crippen LogP contribution in [0.2, 0.25) is 5.15 Å². The Labute approximate surface area is 207 Å². The van der Waals surface area contributed by atoms with E-state index in [4.69, 9.17) is 20.9 Å². The van der Waals surface area contributed by atoms with E-state index in [0.717, 1.165) is 30.6 Å². The lowest BCUT2D eigenvalue weighted by molar-refractivity contribution is 0.0952. The zero-order valence-corrected chi connectivity index (χ0v) is 20.2. The molecule has 0 radical (unpaired) electrons. The van der Waals surface area contributed by atoms with Gasteiger partial charge in [-0.05, 0) is 68.3 Å². The van der Waals surface area contributed by atoms with Crippen molar-refractivity contribution >= 4 is 17.5 Å². The number of halogens is 2. The van der Waals surface area contributed by atoms with Gasteiger partial charge in [0.25, 0.3) is 5.91 Å². The number of benzene rings is 2. The van der Waals surface area contributed by atoms with Crippen LogP contribution in [0.25, 0.3) is 17.1 Å². The summed E-state index contributed by atoms with van der Waals surface area (Å²) in [7, 11) is 1.62. The van der Waals surface area contributed by atoms with E-state index < -0.39 is 0 Å². The zero-order valence-electron chi connectivity index (χ0n) is 19.4. The standard InChI is InChI=1S/C25H25ClFN5O3/c1-16-22(23(26)32(30-16)19-11-9-18(27)10-12-19)25(33)28-15-5-3-4-6-21-29-24(31-35-21)17-7-13-20(34-2)14-8-17/h7-14H,3-6,15H2,1-2H3,(H,28,33). The van der Waals surface area contributed by atoms with Crippen LogP contribution in [0.5, 0.6) is 5.75 Å². The highest BCUT2D eigenvalue weighted by molar-refractivity contribution is 6.33. The lowest BCUT2D eigenvalue weighted by atomic mass is 10.2. The fourth-order valence-corrected chi connectivity index (χ4v) is 3.95. The minimum absolute atomic E-state index is 0.190. The average molecular weight is 498 g/mol. The van der Waals surface area contributed by atoms with Gasteiger partial charge in [0, 0.05) is 18.5 Å². The summed E-state index contributed by atoms with van der Waals surface area (Å²) in [5.74, 6) is 1.24. The Morgan fingerprint density at radius 2 is 1.86 bits per heavy atom. The molecule has 0 aliphatic rings. The first-order chi connectivity index (χ1) is 17.0. The van der Waals surface area contributed by atoms with Crippen molar-refractivity contribution in [1.29, 1.82) is 0 Å². The first-order valence-electron chi connectivity index (χ1n) is 11.2. The average Bonchev–Trinajstić information content (AvgIpc) is 3.45. The summed E-state index contributed by atoms with van der Waals surface area (Å²) < 4.78 is 25.1. The molecule has 0 unspecified atom stereocenters. The molecule has 4 rings (SSSR count). The Morgan fingerprint density at radius 1 is 1.11 bits per heavy atom. The third-order valence-electron chi connectivity index (χ3n) is 5.47. The van der Waals surface area contributed by atoms with Crippen LogP contribution < -0.4 is 10.1 Å². The molecule has 0 aliphatic carbocycles. The van der Waals surface area contributed by atoms with Gasteiger partial charge in [0.05, 0.1) is 24.1 Å². The smallest absolute Gasteiger partial charge is 0.256 e. The molecule has 35 heavy (non-hydrogen) atoms. The number of methoxy groups -OCH3 is 1. The highest BCUT2D eigenvalue weighted by Gasteiger charge is 2.21. The van der Waals surface area contributed by atoms with Gasteiger partial charge >= 0.3 is 0 Å². The Balaban J connectivity index is 1.22. The lowest BCUT2D eigenvalue weighted by Gasteiger charge is -2.06. The number of aromatic nitrogens is 4. The van der Waals surface area contributed by atoms with Gasteiger partial charge in [0.1, 0.15) is 16.7 Å². The summed E-state index contributed by atoms with van der Waals surface area (Å²) >= 11 is 6.41. The molecule has 2 heterocycles. The van der Waals surface area contributed by atoms with Crippen molar-refractivity contribution in [3.05, 3.63) is 76.6 Å². The molecule has 0 atom stereocenters. The van der Waals surface area contributed by atoms with Gasteiger partial charge < -0.3 is 14.6 Å². The maximum atomic E-state index is 13.2. The van der Waals surface area contributed by atoms with Crippen molar-refractivity contribution in [2.45, 2.75) is 32.6 Å². The molecule has 1 N–H and O–H groups in total. The SMILES string of the molecule is COc1ccc(-c2noc(CCCCCNC(=O)c3c(C)nn(-c4ccc(F)cc4)c3Cl)n2)cc1. The maximum Gasteiger partial charge on any atom is 0.256 e. The fourth-order valence-electron chi connectivity index (χ4n) is 3.59. The third kappa shape index (κ3) is 5.86. The Kier molecular flexibility index (Phi) is 7.77. The number of nitrogens with zero attached hydrogens (tertiary/aromatic N) is 4. The summed E-state index contributed by atoms with van der Waals surface area (Å²) in [4.78, 5) is 17.1. The number of carbonyl (C=O) groups excluding carboxylic acids is 1. The second-order valence-corrected chi connectivity index (χ2v) is 8.30. The number of amides is 1. The van der Waals surface area contributed by atoms with Crippen LogP contribution in [0.15, 0.2) is 53.1 Å². The van der Waals surface area contributed by atoms with Crippen molar-refractivity contribution < 1.29 is 18.4 Å². The van der Waals surface area contributed by atoms with Crippen LogP contribution >= 0.6 is 11.6 Å². The minimum Gasteiger partial charge on any atom is -0.497 e. The van der Waals surface area contributed by atoms with Gasteiger partial charge in [-0.3, -0.25) is 4.79 Å². The van der Waals surface area contributed by atoms with Gasteiger partial charge in [0.15, 0.2) is 0 Å². The summed E-state index contributed by atoms with van der Waals surface area (Å²) in [6.07, 6.45) is 3.17. The number of unbranched alkanes of at least 4 members (excludes halogenated alkanes) is 2. The number of nitrogens with one attached hydrogen (secondary N) is 1. The van der Waals surface area contributed by atoms with Gasteiger partial charge in [-0.1, -0.05) is 23.2 Å². The molecular weight excluding hydrogens is 473 g/mol. The molecule has 0 bridgehead atoms. The first kappa shape index (κ1) is 24.4. The zero-order chi connectivity index (χ0) is 24.8. The maximum absolute atomic E-state index is 13.2. The van der Waals surface area contributed by atoms with Gasteiger partial charge in [-0.15, -0.1) is 0 Å². The molecule has 1 amide bonds. The molecule has 0 saturated carbocycles. The molecular formula is C25H25ClFN5O3. The van der Waals surface area contributed by atoms with E-state index in [1.165, 1.54) is 16.8 Å². The summed E-state index contributed by atoms with van der Waals surface area (Å²) in [5, 5.41) is 11.4. The second kappa shape index (κ2) is 11.1. The van der Waals surface area contributed by atoms with Crippen molar-refractivity contribution in [2.75, 3.05) is 13.7 Å². The monoisotopic (exact) mass is 497 g/mol. The lowest BCUT2D eigenvalue weighted by Crippen LogP contribution is -2.25. The van der Waals surface area contributed by atoms with Crippen LogP contribution in [0.1, 0.15) is 41.2 Å². The molecule has 2 aromatic heterocycles. The van der Waals surface area contributed by atoms with E-state index in [2.05, 4.69) is 20.6 Å². The fraction of sp³-hybridized carbons (Fsp3) is 0.280. The molecule has 2 aromatic carbocycles. The molecule has 0 saturated heterocycles. The normalized spacial score (nSPS) is 11.0. The molecule has 0 spiro atoms. The molecule has 4 aromatic rings. The molecule has 182 valence electrons. The number of rotatable bonds is 10. The Bertz CT molecular complexity index is 1290. The molecule has 0 fully saturated rings. The van der Waals surface area contributed by atoms with Crippen LogP contribution in [0.4, 0.5) is 4.39 Å². The third-order valence-corrected chi connectivity index (χ3v) is 5.82. The topological polar surface area (TPSA) is 95.1 Å². The van der Waals surface area contributed by atoms with E-state index in [9.17, 15) is 9.18 Å². The van der Waals surface area contributed by atoms with E-state index in [0.29, 0.717) is 41.6 Å². The molecule has 10 heteroatoms. The van der Waals surface area contributed by atoms with Gasteiger partial charge in [-0.25, -0.2) is 9.07 Å². The van der Waals surface area contributed by atoms with E-state index in [1.54, 1.807) is 26.2 Å². The molecule has 8 nitrogen and oxygen atoms in total. The largest absolute Gasteiger partial charge is 0.497 e. The quantitative estimate of drug-likeness (QED) is 0.303. The van der Waals surface area contributed by atoms with Crippen LogP contribution in [0.3, 0.4) is 0 Å². The predicted octanol–water partition coefficient (Wildman–Crippen LogP) is 5.17. The number of carbonyl (C=O) groups is 1. The van der Waals surface area contributed by atoms with E-state index in [1.807, 2.05) is 24.3 Å². The number of ether oxygens (including phenoxy) is 1. The van der Waals surface area contributed by atoms with Crippen LogP contribution in [-0.4, -0.2) is 39.5 Å². The van der Waals surface area contributed by atoms with Gasteiger partial charge in [0.2, 0.25) is 11.7 Å². The Hall–Kier alpha value is -3.72. The van der Waals surface area contributed by atoms with Crippen LogP contribution in [0, 0.1) is 12.7 Å². The highest BCUT2D eigenvalue weighted by Crippen LogP contribution is 2.24. The number of hydrogen-bond donors (Lipinski definition) is 1. The molecule has 0 aliphatic heterocycles. The van der Waals surface area contributed by atoms with Crippen molar-refractivity contribution in [3.8, 4) is 22.8 Å². The summed E-state index contributed by atoms with van der Waals surface area (Å²) in [6, 6.07) is 13.2. The van der Waals surface area contributed by atoms with Gasteiger partial charge in [-0.2, -0.15) is 10.1 Å². The van der Waals surface area contributed by atoms with E-state index >= 15 is 0 Å². The highest BCUT2D eigenvalue weighted by atomic mass is 35.5. The Morgan fingerprint density at radius 3 is 2.57 bits per heavy atom. The first-order valence-corrected chi connectivity index (χ1v) is 11.6. The summed E-state index contributed by atoms with van der Waals surface area (Å²) in [6.45, 7) is 2.21. The van der Waals surface area contributed by atoms with Crippen LogP contribution in [-0.2, 0) is 6.42 Å². The van der Waals surface area contributed by atoms with E-state index in [-0.39, 0.29) is 16.9 Å². The second-order valence-electron chi connectivity index (χ2n) is 7.95. The number of hydrogen-bond acceptors (Lipinski definition) is 6. The van der Waals surface area contributed by atoms with Crippen molar-refractivity contribution in [2.24, 2.45) is 0 Å². The minimum atomic E-state index is -0.358. The number of aryl methyl sites for hydroxylation is 2. The van der Waals surface area contributed by atoms with Crippen molar-refractivity contribution in [1.82, 2.24) is 25.2 Å². The van der Waals surface area contributed by atoms with Crippen molar-refractivity contribution in [3.63, 3.8) is 0 Å².